The Bertz CT molecular complexity index is 2880. The van der Waals surface area contributed by atoms with Gasteiger partial charge in [0.15, 0.2) is 0 Å². The molecular weight excluding hydrogens is 574 g/mol. The van der Waals surface area contributed by atoms with Crippen LogP contribution in [0.15, 0.2) is 156 Å². The molecule has 0 spiro atoms. The van der Waals surface area contributed by atoms with Gasteiger partial charge in [0, 0.05) is 43.7 Å². The molecule has 0 unspecified atom stereocenters. The summed E-state index contributed by atoms with van der Waals surface area (Å²) < 4.78 is 11.0. The number of fused-ring (bicyclic) bond motifs is 9. The van der Waals surface area contributed by atoms with Gasteiger partial charge in [0.1, 0.15) is 11.2 Å². The van der Waals surface area contributed by atoms with Gasteiger partial charge in [0.2, 0.25) is 0 Å². The van der Waals surface area contributed by atoms with Crippen LogP contribution in [0.5, 0.6) is 0 Å². The molecule has 3 heterocycles. The molecule has 10 rings (SSSR count). The quantitative estimate of drug-likeness (QED) is 0.203. The van der Waals surface area contributed by atoms with E-state index in [2.05, 4.69) is 149 Å². The van der Waals surface area contributed by atoms with Crippen LogP contribution in [0.2, 0.25) is 0 Å². The van der Waals surface area contributed by atoms with E-state index < -0.39 is 0 Å². The third kappa shape index (κ3) is 3.69. The molecule has 0 atom stereocenters. The molecule has 0 amide bonds. The topological polar surface area (TPSA) is 46.8 Å². The number of benzene rings is 7. The van der Waals surface area contributed by atoms with E-state index in [-0.39, 0.29) is 0 Å². The van der Waals surface area contributed by atoms with Crippen molar-refractivity contribution in [2.75, 3.05) is 0 Å². The molecule has 0 aliphatic rings. The first kappa shape index (κ1) is 25.7. The minimum absolute atomic E-state index is 0.686. The van der Waals surface area contributed by atoms with Crippen LogP contribution in [0.3, 0.4) is 0 Å². The highest BCUT2D eigenvalue weighted by Gasteiger charge is 2.17. The van der Waals surface area contributed by atoms with Gasteiger partial charge in [-0.15, -0.1) is 0 Å². The van der Waals surface area contributed by atoms with Crippen molar-refractivity contribution in [1.82, 2.24) is 9.13 Å². The fourth-order valence-electron chi connectivity index (χ4n) is 7.50. The molecule has 0 bridgehead atoms. The van der Waals surface area contributed by atoms with Gasteiger partial charge in [-0.25, -0.2) is 0 Å². The average molecular weight is 600 g/mol. The highest BCUT2D eigenvalue weighted by molar-refractivity contribution is 6.13. The van der Waals surface area contributed by atoms with E-state index in [1.807, 2.05) is 18.2 Å². The molecule has 0 fully saturated rings. The Morgan fingerprint density at radius 3 is 1.72 bits per heavy atom. The Morgan fingerprint density at radius 2 is 0.979 bits per heavy atom. The van der Waals surface area contributed by atoms with Crippen molar-refractivity contribution in [2.45, 2.75) is 0 Å². The molecule has 10 aromatic rings. The van der Waals surface area contributed by atoms with Crippen LogP contribution in [0, 0.1) is 11.3 Å². The lowest BCUT2D eigenvalue weighted by Gasteiger charge is -2.10. The predicted octanol–water partition coefficient (Wildman–Crippen LogP) is 11.3. The summed E-state index contributed by atoms with van der Waals surface area (Å²) in [7, 11) is 0. The van der Waals surface area contributed by atoms with Crippen molar-refractivity contribution in [3.8, 4) is 28.6 Å². The Balaban J connectivity index is 1.15. The van der Waals surface area contributed by atoms with E-state index in [1.165, 1.54) is 21.8 Å². The largest absolute Gasteiger partial charge is 0.456 e. The highest BCUT2D eigenvalue weighted by atomic mass is 16.3. The standard InChI is InChI=1S/C43H25N3O/c44-26-29-10-8-18-40-43(29)34-14-3-6-17-39(34)46(40)30-11-7-9-27(23-30)28-19-21-41-35(24-28)36-25-31(20-22-42(36)47-41)45-37-15-4-1-12-32(37)33-13-2-5-16-38(33)45/h1-25H. The van der Waals surface area contributed by atoms with Gasteiger partial charge >= 0.3 is 0 Å². The molecule has 4 heteroatoms. The van der Waals surface area contributed by atoms with E-state index in [0.717, 1.165) is 66.2 Å². The number of furan rings is 1. The van der Waals surface area contributed by atoms with Crippen LogP contribution in [0.25, 0.3) is 88.1 Å². The summed E-state index contributed by atoms with van der Waals surface area (Å²) in [5.41, 5.74) is 11.3. The van der Waals surface area contributed by atoms with E-state index >= 15 is 0 Å². The number of rotatable bonds is 3. The number of nitrogens with zero attached hydrogens (tertiary/aromatic N) is 3. The van der Waals surface area contributed by atoms with Crippen LogP contribution in [-0.4, -0.2) is 9.13 Å². The minimum Gasteiger partial charge on any atom is -0.456 e. The van der Waals surface area contributed by atoms with Gasteiger partial charge in [-0.2, -0.15) is 5.26 Å². The summed E-state index contributed by atoms with van der Waals surface area (Å²) in [5, 5.41) is 16.6. The van der Waals surface area contributed by atoms with Crippen molar-refractivity contribution >= 4 is 65.6 Å². The van der Waals surface area contributed by atoms with E-state index in [1.54, 1.807) is 0 Å². The normalized spacial score (nSPS) is 11.8. The lowest BCUT2D eigenvalue weighted by molar-refractivity contribution is 0.669. The second-order valence-corrected chi connectivity index (χ2v) is 12.1. The van der Waals surface area contributed by atoms with Gasteiger partial charge in [0.25, 0.3) is 0 Å². The minimum atomic E-state index is 0.686. The maximum atomic E-state index is 9.91. The average Bonchev–Trinajstić information content (AvgIpc) is 3.79. The Hall–Kier alpha value is -6.57. The predicted molar refractivity (Wildman–Crippen MR) is 193 cm³/mol. The third-order valence-corrected chi connectivity index (χ3v) is 9.55. The van der Waals surface area contributed by atoms with Crippen LogP contribution < -0.4 is 0 Å². The number of aromatic nitrogens is 2. The summed E-state index contributed by atoms with van der Waals surface area (Å²) in [6, 6.07) is 55.5. The molecule has 218 valence electrons. The molecule has 0 aliphatic carbocycles. The van der Waals surface area contributed by atoms with Crippen LogP contribution in [0.4, 0.5) is 0 Å². The highest BCUT2D eigenvalue weighted by Crippen LogP contribution is 2.38. The molecule has 3 aromatic heterocycles. The van der Waals surface area contributed by atoms with Gasteiger partial charge in [0.05, 0.1) is 33.7 Å². The van der Waals surface area contributed by atoms with E-state index in [4.69, 9.17) is 4.42 Å². The summed E-state index contributed by atoms with van der Waals surface area (Å²) in [5.74, 6) is 0. The smallest absolute Gasteiger partial charge is 0.135 e. The number of hydrogen-bond acceptors (Lipinski definition) is 2. The SMILES string of the molecule is N#Cc1cccc2c1c1ccccc1n2-c1cccc(-c2ccc3oc4ccc(-n5c6ccccc6c6ccccc65)cc4c3c2)c1. The molecule has 47 heavy (non-hydrogen) atoms. The summed E-state index contributed by atoms with van der Waals surface area (Å²) in [6.45, 7) is 0. The van der Waals surface area contributed by atoms with Crippen molar-refractivity contribution in [1.29, 1.82) is 5.26 Å². The van der Waals surface area contributed by atoms with Crippen LogP contribution >= 0.6 is 0 Å². The van der Waals surface area contributed by atoms with Crippen LogP contribution in [-0.2, 0) is 0 Å². The first-order valence-electron chi connectivity index (χ1n) is 15.7. The summed E-state index contributed by atoms with van der Waals surface area (Å²) in [4.78, 5) is 0. The second-order valence-electron chi connectivity index (χ2n) is 12.1. The second kappa shape index (κ2) is 9.71. The zero-order valence-corrected chi connectivity index (χ0v) is 25.2. The summed E-state index contributed by atoms with van der Waals surface area (Å²) >= 11 is 0. The van der Waals surface area contributed by atoms with Gasteiger partial charge < -0.3 is 13.6 Å². The van der Waals surface area contributed by atoms with Gasteiger partial charge in [-0.3, -0.25) is 0 Å². The van der Waals surface area contributed by atoms with Crippen molar-refractivity contribution in [2.24, 2.45) is 0 Å². The molecule has 0 saturated carbocycles. The fourth-order valence-corrected chi connectivity index (χ4v) is 7.50. The van der Waals surface area contributed by atoms with Crippen LogP contribution in [0.1, 0.15) is 5.56 Å². The maximum Gasteiger partial charge on any atom is 0.135 e. The number of nitriles is 1. The van der Waals surface area contributed by atoms with E-state index in [9.17, 15) is 5.26 Å². The molecule has 4 nitrogen and oxygen atoms in total. The Labute approximate surface area is 269 Å². The molecule has 0 saturated heterocycles. The fraction of sp³-hybridized carbons (Fsp3) is 0. The molecule has 0 radical (unpaired) electrons. The monoisotopic (exact) mass is 599 g/mol. The molecule has 7 aromatic carbocycles. The Morgan fingerprint density at radius 1 is 0.426 bits per heavy atom. The van der Waals surface area contributed by atoms with Crippen molar-refractivity contribution < 1.29 is 4.42 Å². The van der Waals surface area contributed by atoms with Gasteiger partial charge in [-0.1, -0.05) is 78.9 Å². The first-order chi connectivity index (χ1) is 23.3. The molecule has 0 aliphatic heterocycles. The van der Waals surface area contributed by atoms with E-state index in [0.29, 0.717) is 5.56 Å². The Kier molecular flexibility index (Phi) is 5.32. The zero-order chi connectivity index (χ0) is 31.1. The van der Waals surface area contributed by atoms with Gasteiger partial charge in [-0.05, 0) is 83.9 Å². The van der Waals surface area contributed by atoms with Crippen molar-refractivity contribution in [3.05, 3.63) is 157 Å². The number of hydrogen-bond donors (Lipinski definition) is 0. The zero-order valence-electron chi connectivity index (χ0n) is 25.2. The number of para-hydroxylation sites is 3. The lowest BCUT2D eigenvalue weighted by atomic mass is 10.0. The summed E-state index contributed by atoms with van der Waals surface area (Å²) in [6.07, 6.45) is 0. The molecule has 0 N–H and O–H groups in total. The first-order valence-corrected chi connectivity index (χ1v) is 15.7. The lowest BCUT2D eigenvalue weighted by Crippen LogP contribution is -1.94. The third-order valence-electron chi connectivity index (χ3n) is 9.55. The maximum absolute atomic E-state index is 9.91. The van der Waals surface area contributed by atoms with Crippen molar-refractivity contribution in [3.63, 3.8) is 0 Å². The molecular formula is C43H25N3O.